The molecule has 2 atom stereocenters. The SMILES string of the molecule is CN(C)CCC1=CC2CCCC(C1)N2C(=O)OC(C)(C)C. The molecule has 0 aromatic carbocycles. The minimum absolute atomic E-state index is 0.139. The van der Waals surface area contributed by atoms with Gasteiger partial charge in [-0.1, -0.05) is 11.6 Å². The number of piperidine rings is 1. The number of fused-ring (bicyclic) bond motifs is 2. The highest BCUT2D eigenvalue weighted by Gasteiger charge is 2.38. The Morgan fingerprint density at radius 2 is 2.10 bits per heavy atom. The van der Waals surface area contributed by atoms with Crippen molar-refractivity contribution in [3.8, 4) is 0 Å². The second-order valence-electron chi connectivity index (χ2n) is 7.62. The summed E-state index contributed by atoms with van der Waals surface area (Å²) in [5, 5.41) is 0. The maximum Gasteiger partial charge on any atom is 0.411 e. The van der Waals surface area contributed by atoms with Gasteiger partial charge in [0, 0.05) is 12.6 Å². The van der Waals surface area contributed by atoms with Crippen LogP contribution in [0.4, 0.5) is 4.79 Å². The molecule has 0 aromatic rings. The van der Waals surface area contributed by atoms with Gasteiger partial charge >= 0.3 is 6.09 Å². The van der Waals surface area contributed by atoms with Crippen molar-refractivity contribution in [1.29, 1.82) is 0 Å². The van der Waals surface area contributed by atoms with Gasteiger partial charge in [-0.15, -0.1) is 0 Å². The minimum atomic E-state index is -0.416. The van der Waals surface area contributed by atoms with E-state index < -0.39 is 5.60 Å². The van der Waals surface area contributed by atoms with Crippen molar-refractivity contribution < 1.29 is 9.53 Å². The van der Waals surface area contributed by atoms with Gasteiger partial charge in [-0.05, 0) is 67.0 Å². The maximum absolute atomic E-state index is 12.5. The molecule has 120 valence electrons. The van der Waals surface area contributed by atoms with Gasteiger partial charge in [0.25, 0.3) is 0 Å². The molecule has 1 amide bonds. The summed E-state index contributed by atoms with van der Waals surface area (Å²) < 4.78 is 5.60. The van der Waals surface area contributed by atoms with Crippen LogP contribution in [0.1, 0.15) is 52.9 Å². The average molecular weight is 294 g/mol. The summed E-state index contributed by atoms with van der Waals surface area (Å²) in [6.07, 6.45) is 7.71. The molecule has 0 aromatic heterocycles. The van der Waals surface area contributed by atoms with E-state index in [2.05, 4.69) is 25.1 Å². The number of nitrogens with zero attached hydrogens (tertiary/aromatic N) is 2. The highest BCUT2D eigenvalue weighted by atomic mass is 16.6. The standard InChI is InChI=1S/C17H30N2O2/c1-17(2,3)21-16(20)19-14-7-6-8-15(19)12-13(11-14)9-10-18(4)5/h11,14-15H,6-10,12H2,1-5H3. The zero-order chi connectivity index (χ0) is 15.6. The van der Waals surface area contributed by atoms with E-state index in [9.17, 15) is 4.79 Å². The smallest absolute Gasteiger partial charge is 0.411 e. The van der Waals surface area contributed by atoms with Gasteiger partial charge < -0.3 is 9.64 Å². The lowest BCUT2D eigenvalue weighted by Crippen LogP contribution is -2.53. The van der Waals surface area contributed by atoms with Crippen LogP contribution in [0.25, 0.3) is 0 Å². The summed E-state index contributed by atoms with van der Waals surface area (Å²) in [7, 11) is 4.22. The largest absolute Gasteiger partial charge is 0.444 e. The Labute approximate surface area is 129 Å². The average Bonchev–Trinajstić information content (AvgIpc) is 2.32. The molecule has 4 heteroatoms. The van der Waals surface area contributed by atoms with Crippen LogP contribution in [0, 0.1) is 0 Å². The number of amides is 1. The van der Waals surface area contributed by atoms with Gasteiger partial charge in [0.15, 0.2) is 0 Å². The first-order valence-corrected chi connectivity index (χ1v) is 8.12. The molecule has 0 N–H and O–H groups in total. The van der Waals surface area contributed by atoms with Gasteiger partial charge in [-0.2, -0.15) is 0 Å². The molecule has 21 heavy (non-hydrogen) atoms. The highest BCUT2D eigenvalue weighted by Crippen LogP contribution is 2.35. The summed E-state index contributed by atoms with van der Waals surface area (Å²) in [5.41, 5.74) is 1.10. The number of hydrogen-bond donors (Lipinski definition) is 0. The number of carbonyl (C=O) groups is 1. The predicted octanol–water partition coefficient (Wildman–Crippen LogP) is 3.43. The lowest BCUT2D eigenvalue weighted by molar-refractivity contribution is -0.00162. The Morgan fingerprint density at radius 1 is 1.38 bits per heavy atom. The summed E-state index contributed by atoms with van der Waals surface area (Å²) in [6.45, 7) is 6.88. The van der Waals surface area contributed by atoms with Crippen molar-refractivity contribution in [2.75, 3.05) is 20.6 Å². The van der Waals surface area contributed by atoms with Crippen molar-refractivity contribution in [1.82, 2.24) is 9.80 Å². The molecule has 2 unspecified atom stereocenters. The number of carbonyl (C=O) groups excluding carboxylic acids is 1. The lowest BCUT2D eigenvalue weighted by Gasteiger charge is -2.45. The molecule has 0 aliphatic carbocycles. The van der Waals surface area contributed by atoms with E-state index >= 15 is 0 Å². The second-order valence-corrected chi connectivity index (χ2v) is 7.62. The van der Waals surface area contributed by atoms with Gasteiger partial charge in [0.05, 0.1) is 6.04 Å². The number of hydrogen-bond acceptors (Lipinski definition) is 3. The molecule has 0 saturated carbocycles. The van der Waals surface area contributed by atoms with Crippen molar-refractivity contribution in [2.45, 2.75) is 70.6 Å². The molecule has 4 nitrogen and oxygen atoms in total. The second kappa shape index (κ2) is 6.39. The monoisotopic (exact) mass is 294 g/mol. The highest BCUT2D eigenvalue weighted by molar-refractivity contribution is 5.70. The third-order valence-electron chi connectivity index (χ3n) is 4.20. The van der Waals surface area contributed by atoms with E-state index in [1.165, 1.54) is 12.0 Å². The van der Waals surface area contributed by atoms with E-state index in [-0.39, 0.29) is 12.1 Å². The van der Waals surface area contributed by atoms with Crippen LogP contribution in [0.3, 0.4) is 0 Å². The van der Waals surface area contributed by atoms with Gasteiger partial charge in [-0.3, -0.25) is 4.90 Å². The van der Waals surface area contributed by atoms with E-state index in [4.69, 9.17) is 4.74 Å². The molecule has 1 saturated heterocycles. The Balaban J connectivity index is 2.06. The number of ether oxygens (including phenoxy) is 1. The summed E-state index contributed by atoms with van der Waals surface area (Å²) in [6, 6.07) is 0.574. The molecule has 2 bridgehead atoms. The Kier molecular flexibility index (Phi) is 4.97. The fourth-order valence-electron chi connectivity index (χ4n) is 3.27. The first kappa shape index (κ1) is 16.3. The fraction of sp³-hybridized carbons (Fsp3) is 0.824. The van der Waals surface area contributed by atoms with E-state index in [1.54, 1.807) is 0 Å². The molecule has 2 heterocycles. The summed E-state index contributed by atoms with van der Waals surface area (Å²) in [4.78, 5) is 16.7. The van der Waals surface area contributed by atoms with Crippen LogP contribution in [-0.2, 0) is 4.74 Å². The van der Waals surface area contributed by atoms with Crippen LogP contribution in [0.5, 0.6) is 0 Å². The minimum Gasteiger partial charge on any atom is -0.444 e. The third-order valence-corrected chi connectivity index (χ3v) is 4.20. The van der Waals surface area contributed by atoms with Crippen LogP contribution in [0.2, 0.25) is 0 Å². The zero-order valence-electron chi connectivity index (χ0n) is 14.2. The zero-order valence-corrected chi connectivity index (χ0v) is 14.2. The fourth-order valence-corrected chi connectivity index (χ4v) is 3.27. The molecule has 0 radical (unpaired) electrons. The van der Waals surface area contributed by atoms with Gasteiger partial charge in [-0.25, -0.2) is 4.79 Å². The molecule has 2 aliphatic rings. The third kappa shape index (κ3) is 4.47. The van der Waals surface area contributed by atoms with Crippen LogP contribution in [-0.4, -0.2) is 54.2 Å². The van der Waals surface area contributed by atoms with Gasteiger partial charge in [0.1, 0.15) is 5.60 Å². The first-order chi connectivity index (χ1) is 9.76. The molecule has 2 aliphatic heterocycles. The maximum atomic E-state index is 12.5. The van der Waals surface area contributed by atoms with Crippen LogP contribution >= 0.6 is 0 Å². The normalized spacial score (nSPS) is 25.8. The lowest BCUT2D eigenvalue weighted by atomic mass is 9.84. The molecule has 1 fully saturated rings. The Morgan fingerprint density at radius 3 is 2.67 bits per heavy atom. The summed E-state index contributed by atoms with van der Waals surface area (Å²) in [5.74, 6) is 0. The van der Waals surface area contributed by atoms with Crippen molar-refractivity contribution in [2.24, 2.45) is 0 Å². The summed E-state index contributed by atoms with van der Waals surface area (Å²) >= 11 is 0. The molecular formula is C17H30N2O2. The number of rotatable bonds is 3. The molecule has 2 rings (SSSR count). The Hall–Kier alpha value is -1.03. The van der Waals surface area contributed by atoms with Crippen molar-refractivity contribution in [3.05, 3.63) is 11.6 Å². The van der Waals surface area contributed by atoms with E-state index in [1.807, 2.05) is 25.7 Å². The Bertz CT molecular complexity index is 410. The molecule has 0 spiro atoms. The molecular weight excluding hydrogens is 264 g/mol. The van der Waals surface area contributed by atoms with Crippen LogP contribution < -0.4 is 0 Å². The quantitative estimate of drug-likeness (QED) is 0.748. The van der Waals surface area contributed by atoms with E-state index in [0.717, 1.165) is 32.2 Å². The predicted molar refractivity (Wildman–Crippen MR) is 85.4 cm³/mol. The van der Waals surface area contributed by atoms with Crippen molar-refractivity contribution in [3.63, 3.8) is 0 Å². The first-order valence-electron chi connectivity index (χ1n) is 8.12. The van der Waals surface area contributed by atoms with Crippen molar-refractivity contribution >= 4 is 6.09 Å². The van der Waals surface area contributed by atoms with E-state index in [0.29, 0.717) is 6.04 Å². The van der Waals surface area contributed by atoms with Gasteiger partial charge in [0.2, 0.25) is 0 Å². The van der Waals surface area contributed by atoms with Crippen LogP contribution in [0.15, 0.2) is 11.6 Å². The topological polar surface area (TPSA) is 32.8 Å².